The molecule has 0 amide bonds. The predicted molar refractivity (Wildman–Crippen MR) is 192 cm³/mol. The molecule has 0 radical (unpaired) electrons. The van der Waals surface area contributed by atoms with E-state index in [4.69, 9.17) is 17.2 Å². The van der Waals surface area contributed by atoms with Gasteiger partial charge in [0, 0.05) is 24.9 Å². The number of hydrogen-bond donors (Lipinski definition) is 1. The van der Waals surface area contributed by atoms with Crippen LogP contribution in [0.25, 0.3) is 0 Å². The zero-order valence-corrected chi connectivity index (χ0v) is 32.8. The van der Waals surface area contributed by atoms with Gasteiger partial charge in [0.25, 0.3) is 10.1 Å². The average Bonchev–Trinajstić information content (AvgIpc) is 3.60. The molecule has 2 aromatic heterocycles. The smallest absolute Gasteiger partial charge is 0.335 e. The fraction of sp³-hybridized carbons (Fsp3) is 0.588. The Morgan fingerprint density at radius 2 is 1.65 bits per heavy atom. The molecule has 2 fully saturated rings. The second-order valence-corrected chi connectivity index (χ2v) is 25.0. The first-order chi connectivity index (χ1) is 23.1. The minimum absolute atomic E-state index is 0.0536. The van der Waals surface area contributed by atoms with Gasteiger partial charge in [-0.3, -0.25) is 13.7 Å². The highest BCUT2D eigenvalue weighted by atomic mass is 32.2. The van der Waals surface area contributed by atoms with E-state index in [1.807, 2.05) is 30.3 Å². The normalized spacial score (nSPS) is 23.9. The molecule has 1 saturated heterocycles. The molecule has 1 aliphatic carbocycles. The zero-order chi connectivity index (χ0) is 35.7. The standard InChI is InChI=1S/C34H51N5O7SSi2/c1-22(2)48(23(3)4)43-20-27-17-30(33(44-47(9,41)42)32(27)45-49(46-48,24(5)6)25(7)8)37-34-28(18-35-21-36-34)31(40)29-15-16-39(38-29)19-26-13-11-10-12-14-26/h10-16,18,21-25,27,30,32-33H,17,19-20H2,1-9H3,(H,35,36,37). The van der Waals surface area contributed by atoms with Crippen LogP contribution in [0.2, 0.25) is 22.2 Å². The number of nitrogens with one attached hydrogen (secondary N) is 1. The van der Waals surface area contributed by atoms with Crippen LogP contribution in [0.1, 0.15) is 83.4 Å². The van der Waals surface area contributed by atoms with E-state index in [0.29, 0.717) is 19.6 Å². The Morgan fingerprint density at radius 3 is 2.27 bits per heavy atom. The topological polar surface area (TPSA) is 144 Å². The summed E-state index contributed by atoms with van der Waals surface area (Å²) in [5.74, 6) is -0.291. The van der Waals surface area contributed by atoms with E-state index >= 15 is 0 Å². The number of nitrogens with zero attached hydrogens (tertiary/aromatic N) is 4. The van der Waals surface area contributed by atoms with E-state index in [1.54, 1.807) is 16.9 Å². The maximum absolute atomic E-state index is 13.8. The average molecular weight is 730 g/mol. The summed E-state index contributed by atoms with van der Waals surface area (Å²) in [6, 6.07) is 10.9. The van der Waals surface area contributed by atoms with Crippen molar-refractivity contribution in [3.8, 4) is 0 Å². The minimum Gasteiger partial charge on any atom is -0.414 e. The van der Waals surface area contributed by atoms with Crippen molar-refractivity contribution >= 4 is 38.8 Å². The van der Waals surface area contributed by atoms with Crippen molar-refractivity contribution in [2.75, 3.05) is 18.2 Å². The van der Waals surface area contributed by atoms with E-state index in [2.05, 4.69) is 75.8 Å². The summed E-state index contributed by atoms with van der Waals surface area (Å²) in [7, 11) is -9.78. The Morgan fingerprint density at radius 1 is 1.00 bits per heavy atom. The van der Waals surface area contributed by atoms with Gasteiger partial charge < -0.3 is 18.3 Å². The van der Waals surface area contributed by atoms with Crippen LogP contribution in [0.4, 0.5) is 5.82 Å². The summed E-state index contributed by atoms with van der Waals surface area (Å²) >= 11 is 0. The fourth-order valence-electron chi connectivity index (χ4n) is 7.31. The molecule has 0 bridgehead atoms. The highest BCUT2D eigenvalue weighted by Gasteiger charge is 2.61. The lowest BCUT2D eigenvalue weighted by molar-refractivity contribution is -0.00773. The molecule has 3 aromatic rings. The Bertz CT molecular complexity index is 1690. The number of ketones is 1. The first kappa shape index (κ1) is 37.5. The third-order valence-electron chi connectivity index (χ3n) is 9.75. The second kappa shape index (κ2) is 14.8. The maximum atomic E-state index is 13.8. The van der Waals surface area contributed by atoms with Gasteiger partial charge in [-0.2, -0.15) is 13.5 Å². The van der Waals surface area contributed by atoms with Crippen molar-refractivity contribution < 1.29 is 30.4 Å². The number of benzene rings is 1. The number of carbonyl (C=O) groups excluding carboxylic acids is 1. The molecule has 268 valence electrons. The van der Waals surface area contributed by atoms with E-state index in [9.17, 15) is 13.2 Å². The van der Waals surface area contributed by atoms with Crippen LogP contribution >= 0.6 is 0 Å². The number of hydrogen-bond acceptors (Lipinski definition) is 11. The summed E-state index contributed by atoms with van der Waals surface area (Å²) in [4.78, 5) is 22.4. The Hall–Kier alpha value is -2.80. The third kappa shape index (κ3) is 7.92. The molecular weight excluding hydrogens is 679 g/mol. The Balaban J connectivity index is 1.49. The molecule has 49 heavy (non-hydrogen) atoms. The molecule has 4 unspecified atom stereocenters. The first-order valence-corrected chi connectivity index (χ1v) is 22.9. The van der Waals surface area contributed by atoms with E-state index in [-0.39, 0.29) is 50.9 Å². The molecule has 15 heteroatoms. The lowest BCUT2D eigenvalue weighted by Gasteiger charge is -2.51. The Labute approximate surface area is 292 Å². The lowest BCUT2D eigenvalue weighted by Crippen LogP contribution is -2.65. The molecule has 1 aliphatic heterocycles. The van der Waals surface area contributed by atoms with Crippen molar-refractivity contribution in [1.82, 2.24) is 19.7 Å². The summed E-state index contributed by atoms with van der Waals surface area (Å²) in [5, 5.41) is 7.91. The van der Waals surface area contributed by atoms with Crippen molar-refractivity contribution in [3.05, 3.63) is 71.9 Å². The van der Waals surface area contributed by atoms with Gasteiger partial charge in [-0.1, -0.05) is 85.7 Å². The van der Waals surface area contributed by atoms with Crippen molar-refractivity contribution in [3.63, 3.8) is 0 Å². The Kier molecular flexibility index (Phi) is 11.3. The first-order valence-electron chi connectivity index (χ1n) is 17.1. The van der Waals surface area contributed by atoms with Gasteiger partial charge in [0.2, 0.25) is 5.78 Å². The fourth-order valence-corrected chi connectivity index (χ4v) is 19.3. The highest BCUT2D eigenvalue weighted by molar-refractivity contribution is 7.86. The van der Waals surface area contributed by atoms with Crippen LogP contribution < -0.4 is 5.32 Å². The summed E-state index contributed by atoms with van der Waals surface area (Å²) in [6.07, 6.45) is 4.52. The van der Waals surface area contributed by atoms with Gasteiger partial charge >= 0.3 is 17.1 Å². The van der Waals surface area contributed by atoms with Crippen molar-refractivity contribution in [2.45, 2.75) is 109 Å². The summed E-state index contributed by atoms with van der Waals surface area (Å²) in [6.45, 7) is 18.0. The van der Waals surface area contributed by atoms with E-state index < -0.39 is 45.5 Å². The van der Waals surface area contributed by atoms with Gasteiger partial charge in [-0.15, -0.1) is 0 Å². The van der Waals surface area contributed by atoms with Crippen LogP contribution in [-0.4, -0.2) is 82.2 Å². The molecule has 4 atom stereocenters. The molecule has 1 saturated carbocycles. The quantitative estimate of drug-likeness (QED) is 0.132. The summed E-state index contributed by atoms with van der Waals surface area (Å²) in [5.41, 5.74) is 1.96. The monoisotopic (exact) mass is 729 g/mol. The SMILES string of the molecule is CC(C)[Si]1(C(C)C)OCC2CC(Nc3ncncc3C(=O)c3ccn(Cc4ccccc4)n3)C(OS(C)(=O)=O)C2O[Si](C(C)C)(C(C)C)O1. The van der Waals surface area contributed by atoms with Crippen molar-refractivity contribution in [1.29, 1.82) is 0 Å². The molecular formula is C34H51N5O7SSi2. The molecule has 0 spiro atoms. The van der Waals surface area contributed by atoms with Gasteiger partial charge in [0.15, 0.2) is 0 Å². The predicted octanol–water partition coefficient (Wildman–Crippen LogP) is 6.05. The molecule has 1 aromatic carbocycles. The number of anilines is 1. The van der Waals surface area contributed by atoms with E-state index in [1.165, 1.54) is 12.5 Å². The maximum Gasteiger partial charge on any atom is 0.335 e. The third-order valence-corrected chi connectivity index (χ3v) is 20.6. The molecule has 5 rings (SSSR count). The highest BCUT2D eigenvalue weighted by Crippen LogP contribution is 2.49. The molecule has 3 heterocycles. The van der Waals surface area contributed by atoms with Crippen LogP contribution in [0.3, 0.4) is 0 Å². The van der Waals surface area contributed by atoms with Gasteiger partial charge in [0.05, 0.1) is 30.5 Å². The second-order valence-electron chi connectivity index (χ2n) is 14.6. The van der Waals surface area contributed by atoms with Crippen LogP contribution in [0, 0.1) is 5.92 Å². The minimum atomic E-state index is -3.91. The number of aromatic nitrogens is 4. The van der Waals surface area contributed by atoms with Crippen LogP contribution in [-0.2, 0) is 33.8 Å². The van der Waals surface area contributed by atoms with Gasteiger partial charge in [-0.05, 0) is 40.2 Å². The number of rotatable bonds is 12. The van der Waals surface area contributed by atoms with Crippen molar-refractivity contribution in [2.24, 2.45) is 5.92 Å². The molecule has 1 N–H and O–H groups in total. The number of carbonyl (C=O) groups is 1. The summed E-state index contributed by atoms with van der Waals surface area (Å²) < 4.78 is 54.6. The molecule has 12 nitrogen and oxygen atoms in total. The van der Waals surface area contributed by atoms with Crippen LogP contribution in [0.15, 0.2) is 55.1 Å². The zero-order valence-electron chi connectivity index (χ0n) is 30.0. The van der Waals surface area contributed by atoms with Gasteiger partial charge in [0.1, 0.15) is 23.9 Å². The van der Waals surface area contributed by atoms with Crippen LogP contribution in [0.5, 0.6) is 0 Å². The largest absolute Gasteiger partial charge is 0.414 e. The molecule has 2 aliphatic rings. The van der Waals surface area contributed by atoms with Gasteiger partial charge in [-0.25, -0.2) is 9.97 Å². The lowest BCUT2D eigenvalue weighted by atomic mass is 10.1. The van der Waals surface area contributed by atoms with E-state index in [0.717, 1.165) is 11.8 Å². The number of fused-ring (bicyclic) bond motifs is 1.